The number of benzene rings is 2. The molecule has 0 spiro atoms. The fraction of sp³-hybridized carbons (Fsp3) is 0.545. The van der Waals surface area contributed by atoms with E-state index in [-0.39, 0.29) is 42.8 Å². The summed E-state index contributed by atoms with van der Waals surface area (Å²) in [6, 6.07) is 10.2. The van der Waals surface area contributed by atoms with Crippen molar-refractivity contribution in [2.75, 3.05) is 39.3 Å². The van der Waals surface area contributed by atoms with E-state index in [4.69, 9.17) is 9.47 Å². The zero-order valence-electron chi connectivity index (χ0n) is 26.0. The molecule has 0 amide bonds. The Morgan fingerprint density at radius 1 is 0.643 bits per heavy atom. The number of carbonyl (C=O) groups excluding carboxylic acids is 3. The molecule has 2 aromatic rings. The van der Waals surface area contributed by atoms with E-state index in [2.05, 4.69) is 27.7 Å². The predicted molar refractivity (Wildman–Crippen MR) is 157 cm³/mol. The lowest BCUT2D eigenvalue weighted by Crippen LogP contribution is -3.11. The van der Waals surface area contributed by atoms with Gasteiger partial charge in [-0.3, -0.25) is 4.79 Å². The summed E-state index contributed by atoms with van der Waals surface area (Å²) in [5.41, 5.74) is 3.17. The van der Waals surface area contributed by atoms with E-state index in [1.54, 1.807) is 36.4 Å². The van der Waals surface area contributed by atoms with Gasteiger partial charge in [-0.2, -0.15) is 0 Å². The lowest BCUT2D eigenvalue weighted by atomic mass is 10.0. The zero-order valence-corrected chi connectivity index (χ0v) is 27.5. The minimum atomic E-state index is -0.421. The molecule has 7 nitrogen and oxygen atoms in total. The van der Waals surface area contributed by atoms with Gasteiger partial charge < -0.3 is 44.1 Å². The summed E-state index contributed by atoms with van der Waals surface area (Å²) in [7, 11) is 0. The Morgan fingerprint density at radius 3 is 1.33 bits per heavy atom. The van der Waals surface area contributed by atoms with Gasteiger partial charge in [0, 0.05) is 11.1 Å². The number of rotatable bonds is 16. The monoisotopic (exact) mass is 622 g/mol. The molecule has 0 fully saturated rings. The SMILES string of the molecule is CC[NH+](CC)CCCC(C)OC(=O)c1ccc2c(c1)C(=O)c1cc(C(=O)OC(C)CCC[NH+](CC)CC)ccc1-2.[Cl-].[Cl-]. The van der Waals surface area contributed by atoms with Crippen molar-refractivity contribution < 1.29 is 58.5 Å². The number of ether oxygens (including phenoxy) is 2. The van der Waals surface area contributed by atoms with E-state index in [0.29, 0.717) is 22.3 Å². The Kier molecular flexibility index (Phi) is 16.3. The molecule has 1 aliphatic rings. The first-order chi connectivity index (χ1) is 19.2. The Labute approximate surface area is 264 Å². The van der Waals surface area contributed by atoms with Crippen molar-refractivity contribution in [3.8, 4) is 11.1 Å². The van der Waals surface area contributed by atoms with Gasteiger partial charge in [0.05, 0.1) is 62.6 Å². The van der Waals surface area contributed by atoms with Gasteiger partial charge in [0.1, 0.15) is 0 Å². The summed E-state index contributed by atoms with van der Waals surface area (Å²) in [5.74, 6) is -1.04. The minimum Gasteiger partial charge on any atom is -1.00 e. The first-order valence-corrected chi connectivity index (χ1v) is 15.1. The number of hydrogen-bond donors (Lipinski definition) is 2. The molecule has 0 bridgehead atoms. The number of quaternary nitrogens is 2. The molecule has 2 aromatic carbocycles. The Balaban J connectivity index is 0.00000441. The van der Waals surface area contributed by atoms with Crippen molar-refractivity contribution in [2.45, 2.75) is 79.4 Å². The maximum atomic E-state index is 13.3. The van der Waals surface area contributed by atoms with Crippen molar-refractivity contribution in [2.24, 2.45) is 0 Å². The van der Waals surface area contributed by atoms with Crippen molar-refractivity contribution >= 4 is 17.7 Å². The first kappa shape index (κ1) is 37.6. The topological polar surface area (TPSA) is 78.5 Å². The zero-order chi connectivity index (χ0) is 29.2. The Morgan fingerprint density at radius 2 is 1.00 bits per heavy atom. The number of nitrogens with one attached hydrogen (secondary N) is 2. The van der Waals surface area contributed by atoms with Gasteiger partial charge in [-0.05, 0) is 103 Å². The van der Waals surface area contributed by atoms with Crippen LogP contribution >= 0.6 is 0 Å². The molecule has 0 heterocycles. The number of ketones is 1. The van der Waals surface area contributed by atoms with Crippen LogP contribution in [0.1, 0.15) is 104 Å². The summed E-state index contributed by atoms with van der Waals surface area (Å²) < 4.78 is 11.4. The van der Waals surface area contributed by atoms with Crippen LogP contribution in [0.5, 0.6) is 0 Å². The van der Waals surface area contributed by atoms with Gasteiger partial charge >= 0.3 is 11.9 Å². The molecule has 234 valence electrons. The molecule has 2 N–H and O–H groups in total. The second-order valence-corrected chi connectivity index (χ2v) is 11.0. The van der Waals surface area contributed by atoms with Crippen LogP contribution in [0.25, 0.3) is 11.1 Å². The molecule has 2 unspecified atom stereocenters. The average Bonchev–Trinajstić information content (AvgIpc) is 3.23. The van der Waals surface area contributed by atoms with Crippen LogP contribution in [0.3, 0.4) is 0 Å². The number of hydrogen-bond acceptors (Lipinski definition) is 5. The second kappa shape index (κ2) is 18.3. The van der Waals surface area contributed by atoms with Gasteiger partial charge in [0.15, 0.2) is 5.78 Å². The van der Waals surface area contributed by atoms with Crippen molar-refractivity contribution in [1.29, 1.82) is 0 Å². The third-order valence-electron chi connectivity index (χ3n) is 8.19. The lowest BCUT2D eigenvalue weighted by molar-refractivity contribution is -0.896. The van der Waals surface area contributed by atoms with Crippen molar-refractivity contribution in [3.05, 3.63) is 58.7 Å². The van der Waals surface area contributed by atoms with Gasteiger partial charge in [-0.15, -0.1) is 0 Å². The van der Waals surface area contributed by atoms with E-state index in [1.807, 2.05) is 13.8 Å². The molecule has 42 heavy (non-hydrogen) atoms. The molecular formula is C33H48Cl2N2O5. The lowest BCUT2D eigenvalue weighted by Gasteiger charge is -2.17. The van der Waals surface area contributed by atoms with E-state index in [0.717, 1.165) is 76.1 Å². The summed E-state index contributed by atoms with van der Waals surface area (Å²) in [6.07, 6.45) is 3.20. The fourth-order valence-corrected chi connectivity index (χ4v) is 5.44. The smallest absolute Gasteiger partial charge is 0.338 e. The molecule has 2 atom stereocenters. The number of carbonyl (C=O) groups is 3. The van der Waals surface area contributed by atoms with E-state index in [9.17, 15) is 14.4 Å². The van der Waals surface area contributed by atoms with E-state index < -0.39 is 11.9 Å². The van der Waals surface area contributed by atoms with Crippen LogP contribution in [0.2, 0.25) is 0 Å². The largest absolute Gasteiger partial charge is 1.00 e. The number of esters is 2. The Bertz CT molecular complexity index is 1090. The summed E-state index contributed by atoms with van der Waals surface area (Å²) in [6.45, 7) is 19.0. The standard InChI is InChI=1S/C33H46N2O5.2ClH/c1-7-34(8-2)19-11-13-23(5)39-32(37)25-15-17-27-28-18-16-26(22-30(28)31(36)29(27)21-25)33(38)40-24(6)14-12-20-35(9-3)10-4;;/h15-18,21-24H,7-14,19-20H2,1-6H3;2*1H. The Hall–Kier alpha value is -2.45. The molecule has 0 aromatic heterocycles. The van der Waals surface area contributed by atoms with Crippen LogP contribution in [-0.2, 0) is 9.47 Å². The molecule has 1 aliphatic carbocycles. The van der Waals surface area contributed by atoms with E-state index >= 15 is 0 Å². The molecular weight excluding hydrogens is 575 g/mol. The molecule has 0 aliphatic heterocycles. The van der Waals surface area contributed by atoms with Gasteiger partial charge in [-0.25, -0.2) is 9.59 Å². The van der Waals surface area contributed by atoms with Crippen molar-refractivity contribution in [3.63, 3.8) is 0 Å². The quantitative estimate of drug-likeness (QED) is 0.172. The molecule has 0 saturated carbocycles. The molecule has 3 rings (SSSR count). The normalized spacial score (nSPS) is 13.1. The van der Waals surface area contributed by atoms with Gasteiger partial charge in [0.2, 0.25) is 0 Å². The highest BCUT2D eigenvalue weighted by molar-refractivity contribution is 6.22. The highest BCUT2D eigenvalue weighted by Crippen LogP contribution is 2.37. The predicted octanol–water partition coefficient (Wildman–Crippen LogP) is -2.59. The fourth-order valence-electron chi connectivity index (χ4n) is 5.44. The number of fused-ring (bicyclic) bond motifs is 3. The van der Waals surface area contributed by atoms with Crippen molar-refractivity contribution in [1.82, 2.24) is 0 Å². The van der Waals surface area contributed by atoms with E-state index in [1.165, 1.54) is 9.80 Å². The summed E-state index contributed by atoms with van der Waals surface area (Å²) >= 11 is 0. The van der Waals surface area contributed by atoms with Gasteiger partial charge in [-0.1, -0.05) is 12.1 Å². The first-order valence-electron chi connectivity index (χ1n) is 15.1. The third kappa shape index (κ3) is 9.80. The number of halogens is 2. The van der Waals surface area contributed by atoms with Crippen LogP contribution in [0, 0.1) is 0 Å². The molecule has 9 heteroatoms. The van der Waals surface area contributed by atoms with Crippen LogP contribution in [-0.4, -0.2) is 69.2 Å². The maximum Gasteiger partial charge on any atom is 0.338 e. The van der Waals surface area contributed by atoms with Crippen LogP contribution in [0.15, 0.2) is 36.4 Å². The van der Waals surface area contributed by atoms with Crippen LogP contribution < -0.4 is 34.6 Å². The third-order valence-corrected chi connectivity index (χ3v) is 8.19. The maximum absolute atomic E-state index is 13.3. The molecule has 0 saturated heterocycles. The average molecular weight is 624 g/mol. The highest BCUT2D eigenvalue weighted by atomic mass is 35.5. The molecule has 0 radical (unpaired) electrons. The highest BCUT2D eigenvalue weighted by Gasteiger charge is 2.29. The second-order valence-electron chi connectivity index (χ2n) is 11.0. The minimum absolute atomic E-state index is 0. The summed E-state index contributed by atoms with van der Waals surface area (Å²) in [5, 5.41) is 0. The summed E-state index contributed by atoms with van der Waals surface area (Å²) in [4.78, 5) is 42.0. The van der Waals surface area contributed by atoms with Gasteiger partial charge in [0.25, 0.3) is 0 Å². The van der Waals surface area contributed by atoms with Crippen LogP contribution in [0.4, 0.5) is 0 Å².